The lowest BCUT2D eigenvalue weighted by molar-refractivity contribution is -0.135. The van der Waals surface area contributed by atoms with Crippen molar-refractivity contribution in [3.63, 3.8) is 0 Å². The smallest absolute Gasteiger partial charge is 0.410 e. The molecule has 0 unspecified atom stereocenters. The van der Waals surface area contributed by atoms with Gasteiger partial charge in [-0.15, -0.1) is 0 Å². The molecule has 1 saturated heterocycles. The predicted molar refractivity (Wildman–Crippen MR) is 93.0 cm³/mol. The van der Waals surface area contributed by atoms with Crippen LogP contribution in [-0.2, 0) is 19.1 Å². The number of allylic oxidation sites excluding steroid dienone is 1. The lowest BCUT2D eigenvalue weighted by atomic mass is 9.89. The van der Waals surface area contributed by atoms with Gasteiger partial charge in [0, 0.05) is 19.0 Å². The number of likely N-dealkylation sites (tertiary alicyclic amines) is 1. The molecule has 1 amide bonds. The molecule has 6 heteroatoms. The van der Waals surface area contributed by atoms with Crippen molar-refractivity contribution in [1.82, 2.24) is 4.90 Å². The maximum Gasteiger partial charge on any atom is 0.410 e. The minimum absolute atomic E-state index is 0.0141. The summed E-state index contributed by atoms with van der Waals surface area (Å²) in [7, 11) is 1.33. The molecule has 0 aromatic carbocycles. The van der Waals surface area contributed by atoms with Gasteiger partial charge in [0.15, 0.2) is 5.78 Å². The van der Waals surface area contributed by atoms with Crippen LogP contribution in [0, 0.1) is 11.8 Å². The van der Waals surface area contributed by atoms with Crippen molar-refractivity contribution in [3.05, 3.63) is 12.2 Å². The van der Waals surface area contributed by atoms with E-state index in [0.717, 1.165) is 6.42 Å². The molecular weight excluding hydrogens is 322 g/mol. The van der Waals surface area contributed by atoms with E-state index >= 15 is 0 Å². The number of hydrogen-bond acceptors (Lipinski definition) is 5. The summed E-state index contributed by atoms with van der Waals surface area (Å²) in [5.74, 6) is 0.285. The van der Waals surface area contributed by atoms with Crippen LogP contribution in [0.5, 0.6) is 0 Å². The number of carbonyl (C=O) groups excluding carboxylic acids is 3. The maximum atomic E-state index is 12.6. The van der Waals surface area contributed by atoms with E-state index in [0.29, 0.717) is 25.3 Å². The summed E-state index contributed by atoms with van der Waals surface area (Å²) in [5, 5.41) is 0. The summed E-state index contributed by atoms with van der Waals surface area (Å²) in [5.41, 5.74) is -0.571. The first-order valence-electron chi connectivity index (χ1n) is 8.98. The van der Waals surface area contributed by atoms with Crippen LogP contribution in [0.2, 0.25) is 0 Å². The van der Waals surface area contributed by atoms with Gasteiger partial charge in [0.25, 0.3) is 0 Å². The van der Waals surface area contributed by atoms with Crippen LogP contribution in [0.3, 0.4) is 0 Å². The zero-order valence-corrected chi connectivity index (χ0v) is 15.6. The van der Waals surface area contributed by atoms with Gasteiger partial charge in [0.1, 0.15) is 5.60 Å². The molecule has 1 heterocycles. The van der Waals surface area contributed by atoms with E-state index in [1.165, 1.54) is 30.9 Å². The highest BCUT2D eigenvalue weighted by atomic mass is 16.6. The van der Waals surface area contributed by atoms with Crippen molar-refractivity contribution in [2.45, 2.75) is 64.5 Å². The van der Waals surface area contributed by atoms with Crippen LogP contribution in [0.15, 0.2) is 12.2 Å². The Balaban J connectivity index is 1.91. The average molecular weight is 351 g/mol. The summed E-state index contributed by atoms with van der Waals surface area (Å²) < 4.78 is 9.98. The van der Waals surface area contributed by atoms with E-state index in [9.17, 15) is 14.4 Å². The third-order valence-electron chi connectivity index (χ3n) is 4.52. The van der Waals surface area contributed by atoms with Gasteiger partial charge in [-0.2, -0.15) is 0 Å². The van der Waals surface area contributed by atoms with E-state index in [2.05, 4.69) is 4.74 Å². The summed E-state index contributed by atoms with van der Waals surface area (Å²) in [4.78, 5) is 37.6. The zero-order chi connectivity index (χ0) is 18.6. The molecule has 0 radical (unpaired) electrons. The van der Waals surface area contributed by atoms with E-state index < -0.39 is 23.7 Å². The second-order valence-corrected chi connectivity index (χ2v) is 7.97. The molecule has 0 aromatic heterocycles. The first-order valence-corrected chi connectivity index (χ1v) is 8.98. The molecule has 0 aromatic rings. The van der Waals surface area contributed by atoms with Gasteiger partial charge in [0.05, 0.1) is 13.2 Å². The molecule has 0 N–H and O–H groups in total. The number of rotatable bonds is 7. The molecule has 0 bridgehead atoms. The fourth-order valence-electron chi connectivity index (χ4n) is 2.95. The average Bonchev–Trinajstić information content (AvgIpc) is 3.24. The largest absolute Gasteiger partial charge is 0.466 e. The number of hydrogen-bond donors (Lipinski definition) is 0. The van der Waals surface area contributed by atoms with Gasteiger partial charge in [-0.25, -0.2) is 9.59 Å². The highest BCUT2D eigenvalue weighted by Gasteiger charge is 2.40. The lowest BCUT2D eigenvalue weighted by Crippen LogP contribution is -2.56. The van der Waals surface area contributed by atoms with Crippen molar-refractivity contribution < 1.29 is 23.9 Å². The molecule has 140 valence electrons. The number of Topliss-reactive ketones (excluding diaryl/α,β-unsaturated/α-hetero) is 1. The minimum atomic E-state index is -0.571. The first-order chi connectivity index (χ1) is 11.7. The number of nitrogens with zero attached hydrogens (tertiary/aromatic N) is 1. The quantitative estimate of drug-likeness (QED) is 0.520. The zero-order valence-electron chi connectivity index (χ0n) is 15.6. The van der Waals surface area contributed by atoms with Gasteiger partial charge < -0.3 is 9.47 Å². The topological polar surface area (TPSA) is 72.9 Å². The van der Waals surface area contributed by atoms with E-state index in [1.54, 1.807) is 6.08 Å². The van der Waals surface area contributed by atoms with Crippen LogP contribution in [-0.4, -0.2) is 48.0 Å². The fourth-order valence-corrected chi connectivity index (χ4v) is 2.95. The van der Waals surface area contributed by atoms with E-state index in [1.807, 2.05) is 20.8 Å². The number of amides is 1. The van der Waals surface area contributed by atoms with Crippen molar-refractivity contribution in [1.29, 1.82) is 0 Å². The van der Waals surface area contributed by atoms with Gasteiger partial charge in [-0.05, 0) is 45.4 Å². The molecule has 1 saturated carbocycles. The second-order valence-electron chi connectivity index (χ2n) is 7.97. The Morgan fingerprint density at radius 3 is 2.36 bits per heavy atom. The van der Waals surface area contributed by atoms with Crippen molar-refractivity contribution in [2.24, 2.45) is 11.8 Å². The Morgan fingerprint density at radius 1 is 1.20 bits per heavy atom. The van der Waals surface area contributed by atoms with Crippen LogP contribution in [0.4, 0.5) is 4.79 Å². The third kappa shape index (κ3) is 6.18. The highest BCUT2D eigenvalue weighted by molar-refractivity contribution is 5.89. The SMILES string of the molecule is COC(=O)/C=C/[C@@H](CC(=O)[C@@H]1CCN1C(=O)OC(C)(C)C)CC1CC1. The van der Waals surface area contributed by atoms with Gasteiger partial charge >= 0.3 is 12.1 Å². The molecule has 0 spiro atoms. The molecule has 25 heavy (non-hydrogen) atoms. The lowest BCUT2D eigenvalue weighted by Gasteiger charge is -2.40. The van der Waals surface area contributed by atoms with Gasteiger partial charge in [-0.3, -0.25) is 9.69 Å². The number of methoxy groups -OCH3 is 1. The molecule has 1 aliphatic carbocycles. The Hall–Kier alpha value is -1.85. The van der Waals surface area contributed by atoms with Gasteiger partial charge in [-0.1, -0.05) is 18.9 Å². The fraction of sp³-hybridized carbons (Fsp3) is 0.737. The number of ether oxygens (including phenoxy) is 2. The van der Waals surface area contributed by atoms with Crippen LogP contribution < -0.4 is 0 Å². The first kappa shape index (κ1) is 19.5. The molecule has 2 rings (SSSR count). The normalized spacial score (nSPS) is 21.6. The third-order valence-corrected chi connectivity index (χ3v) is 4.52. The van der Waals surface area contributed by atoms with E-state index in [-0.39, 0.29) is 11.7 Å². The van der Waals surface area contributed by atoms with Crippen LogP contribution in [0.25, 0.3) is 0 Å². The van der Waals surface area contributed by atoms with Crippen LogP contribution in [0.1, 0.15) is 52.9 Å². The molecule has 6 nitrogen and oxygen atoms in total. The second kappa shape index (κ2) is 8.02. The summed E-state index contributed by atoms with van der Waals surface area (Å²) in [6.07, 6.45) is 7.03. The highest BCUT2D eigenvalue weighted by Crippen LogP contribution is 2.37. The minimum Gasteiger partial charge on any atom is -0.466 e. The van der Waals surface area contributed by atoms with Gasteiger partial charge in [0.2, 0.25) is 0 Å². The van der Waals surface area contributed by atoms with E-state index in [4.69, 9.17) is 4.74 Å². The number of carbonyl (C=O) groups is 3. The summed E-state index contributed by atoms with van der Waals surface area (Å²) in [6, 6.07) is -0.400. The number of esters is 1. The van der Waals surface area contributed by atoms with Crippen molar-refractivity contribution in [3.8, 4) is 0 Å². The summed E-state index contributed by atoms with van der Waals surface area (Å²) >= 11 is 0. The number of ketones is 1. The Kier molecular flexibility index (Phi) is 6.25. The molecule has 2 fully saturated rings. The Labute approximate surface area is 149 Å². The summed E-state index contributed by atoms with van der Waals surface area (Å²) in [6.45, 7) is 5.98. The Bertz CT molecular complexity index is 545. The molecule has 2 aliphatic rings. The Morgan fingerprint density at radius 2 is 1.88 bits per heavy atom. The van der Waals surface area contributed by atoms with Crippen molar-refractivity contribution >= 4 is 17.8 Å². The molecule has 1 aliphatic heterocycles. The van der Waals surface area contributed by atoms with Crippen LogP contribution >= 0.6 is 0 Å². The molecular formula is C19H29NO5. The standard InChI is InChI=1S/C19H29NO5/c1-19(2,3)25-18(23)20-10-9-15(20)16(21)12-14(11-13-5-6-13)7-8-17(22)24-4/h7-8,13-15H,5-6,9-12H2,1-4H3/b8-7+/t14-,15+/m1/s1. The maximum absolute atomic E-state index is 12.6. The monoisotopic (exact) mass is 351 g/mol. The molecule has 2 atom stereocenters. The van der Waals surface area contributed by atoms with Crippen molar-refractivity contribution in [2.75, 3.05) is 13.7 Å². The predicted octanol–water partition coefficient (Wildman–Crippen LogP) is 3.10.